The van der Waals surface area contributed by atoms with Crippen molar-refractivity contribution >= 4 is 10.0 Å². The van der Waals surface area contributed by atoms with Gasteiger partial charge in [-0.05, 0) is 19.3 Å². The number of rotatable bonds is 2. The molecule has 0 amide bonds. The molecule has 2 N–H and O–H groups in total. The fourth-order valence-corrected chi connectivity index (χ4v) is 3.39. The minimum Gasteiger partial charge on any atom is -0.325 e. The topological polar surface area (TPSA) is 63.4 Å². The molecule has 0 spiro atoms. The highest BCUT2D eigenvalue weighted by molar-refractivity contribution is 7.88. The van der Waals surface area contributed by atoms with Gasteiger partial charge in [0, 0.05) is 18.1 Å². The Hall–Kier alpha value is -0.130. The van der Waals surface area contributed by atoms with E-state index in [0.29, 0.717) is 0 Å². The summed E-state index contributed by atoms with van der Waals surface area (Å²) in [6.45, 7) is 0. The van der Waals surface area contributed by atoms with Crippen LogP contribution in [0.4, 0.5) is 0 Å². The summed E-state index contributed by atoms with van der Waals surface area (Å²) < 4.78 is 23.9. The van der Waals surface area contributed by atoms with E-state index in [1.54, 1.807) is 7.05 Å². The maximum Gasteiger partial charge on any atom is 0.211 e. The molecule has 12 heavy (non-hydrogen) atoms. The van der Waals surface area contributed by atoms with Gasteiger partial charge in [0.15, 0.2) is 0 Å². The van der Waals surface area contributed by atoms with Crippen LogP contribution >= 0.6 is 0 Å². The molecule has 0 atom stereocenters. The van der Waals surface area contributed by atoms with Crippen molar-refractivity contribution in [3.05, 3.63) is 0 Å². The number of hydrogen-bond acceptors (Lipinski definition) is 3. The first-order valence-electron chi connectivity index (χ1n) is 4.00. The highest BCUT2D eigenvalue weighted by Crippen LogP contribution is 2.62. The maximum atomic E-state index is 11.2. The predicted octanol–water partition coefficient (Wildman–Crippen LogP) is -0.488. The Bertz CT molecular complexity index is 303. The molecule has 4 nitrogen and oxygen atoms in total. The van der Waals surface area contributed by atoms with Crippen LogP contribution in [0.15, 0.2) is 0 Å². The van der Waals surface area contributed by atoms with Gasteiger partial charge >= 0.3 is 0 Å². The van der Waals surface area contributed by atoms with Crippen LogP contribution in [0.1, 0.15) is 19.3 Å². The third-order valence-corrected chi connectivity index (χ3v) is 4.59. The maximum absolute atomic E-state index is 11.2. The van der Waals surface area contributed by atoms with Gasteiger partial charge in [0.25, 0.3) is 0 Å². The second kappa shape index (κ2) is 1.86. The Labute approximate surface area is 72.8 Å². The Kier molecular flexibility index (Phi) is 1.31. The lowest BCUT2D eigenvalue weighted by Crippen LogP contribution is -2.82. The lowest BCUT2D eigenvalue weighted by molar-refractivity contribution is -0.118. The van der Waals surface area contributed by atoms with Crippen molar-refractivity contribution in [3.63, 3.8) is 0 Å². The summed E-state index contributed by atoms with van der Waals surface area (Å²) in [5, 5.41) is 0. The van der Waals surface area contributed by atoms with Gasteiger partial charge in [-0.25, -0.2) is 8.42 Å². The summed E-state index contributed by atoms with van der Waals surface area (Å²) >= 11 is 0. The third-order valence-electron chi connectivity index (χ3n) is 3.21. The molecule has 3 aliphatic rings. The Morgan fingerprint density at radius 3 is 2.00 bits per heavy atom. The first kappa shape index (κ1) is 8.47. The number of nitrogens with zero attached hydrogens (tertiary/aromatic N) is 1. The van der Waals surface area contributed by atoms with Crippen molar-refractivity contribution in [2.24, 2.45) is 5.73 Å². The zero-order valence-corrected chi connectivity index (χ0v) is 8.19. The smallest absolute Gasteiger partial charge is 0.211 e. The SMILES string of the molecule is CN(C12CC(N)(C1)C2)S(C)(=O)=O. The zero-order chi connectivity index (χ0) is 9.20. The number of nitrogens with two attached hydrogens (primary N) is 1. The van der Waals surface area contributed by atoms with Crippen LogP contribution in [0.2, 0.25) is 0 Å². The van der Waals surface area contributed by atoms with Gasteiger partial charge in [-0.3, -0.25) is 0 Å². The summed E-state index contributed by atoms with van der Waals surface area (Å²) in [7, 11) is -1.39. The van der Waals surface area contributed by atoms with E-state index in [4.69, 9.17) is 5.73 Å². The average Bonchev–Trinajstić information content (AvgIpc) is 1.75. The normalized spacial score (nSPS) is 45.3. The molecule has 70 valence electrons. The molecule has 3 rings (SSSR count). The molecular formula is C7H14N2O2S. The molecule has 0 unspecified atom stereocenters. The molecule has 0 aromatic carbocycles. The Morgan fingerprint density at radius 2 is 1.75 bits per heavy atom. The first-order valence-corrected chi connectivity index (χ1v) is 5.85. The number of hydrogen-bond donors (Lipinski definition) is 1. The van der Waals surface area contributed by atoms with Crippen LogP contribution in [-0.2, 0) is 10.0 Å². The highest BCUT2D eigenvalue weighted by Gasteiger charge is 2.69. The minimum atomic E-state index is -3.03. The lowest BCUT2D eigenvalue weighted by Gasteiger charge is -2.71. The van der Waals surface area contributed by atoms with Crippen LogP contribution in [0.3, 0.4) is 0 Å². The lowest BCUT2D eigenvalue weighted by atomic mass is 9.45. The second-order valence-electron chi connectivity index (χ2n) is 4.35. The van der Waals surface area contributed by atoms with E-state index in [0.717, 1.165) is 19.3 Å². The molecule has 2 bridgehead atoms. The predicted molar refractivity (Wildman–Crippen MR) is 46.1 cm³/mol. The molecule has 3 fully saturated rings. The molecule has 0 saturated heterocycles. The molecule has 0 aromatic heterocycles. The largest absolute Gasteiger partial charge is 0.325 e. The molecule has 3 saturated carbocycles. The molecule has 0 radical (unpaired) electrons. The first-order chi connectivity index (χ1) is 5.28. The highest BCUT2D eigenvalue weighted by atomic mass is 32.2. The second-order valence-corrected chi connectivity index (χ2v) is 6.36. The third kappa shape index (κ3) is 0.870. The van der Waals surface area contributed by atoms with Crippen molar-refractivity contribution in [3.8, 4) is 0 Å². The van der Waals surface area contributed by atoms with Crippen molar-refractivity contribution in [1.82, 2.24) is 4.31 Å². The minimum absolute atomic E-state index is 0.0288. The van der Waals surface area contributed by atoms with E-state index in [9.17, 15) is 8.42 Å². The van der Waals surface area contributed by atoms with E-state index < -0.39 is 10.0 Å². The fraction of sp³-hybridized carbons (Fsp3) is 1.00. The van der Waals surface area contributed by atoms with E-state index in [2.05, 4.69) is 0 Å². The average molecular weight is 190 g/mol. The molecule has 0 aromatic rings. The van der Waals surface area contributed by atoms with Crippen LogP contribution in [0, 0.1) is 0 Å². The van der Waals surface area contributed by atoms with Gasteiger partial charge in [-0.15, -0.1) is 0 Å². The summed E-state index contributed by atoms with van der Waals surface area (Å²) in [6.07, 6.45) is 3.76. The Balaban J connectivity index is 2.15. The van der Waals surface area contributed by atoms with Crippen molar-refractivity contribution in [2.75, 3.05) is 13.3 Å². The fourth-order valence-electron chi connectivity index (χ4n) is 2.50. The van der Waals surface area contributed by atoms with Crippen molar-refractivity contribution in [1.29, 1.82) is 0 Å². The molecular weight excluding hydrogens is 176 g/mol. The van der Waals surface area contributed by atoms with Crippen molar-refractivity contribution < 1.29 is 8.42 Å². The van der Waals surface area contributed by atoms with Gasteiger partial charge in [-0.1, -0.05) is 0 Å². The standard InChI is InChI=1S/C7H14N2O2S/c1-9(12(2,10)11)7-3-6(8,4-7)5-7/h3-5,8H2,1-2H3. The van der Waals surface area contributed by atoms with Crippen molar-refractivity contribution in [2.45, 2.75) is 30.3 Å². The quantitative estimate of drug-likeness (QED) is 0.639. The monoisotopic (exact) mass is 190 g/mol. The molecule has 0 heterocycles. The molecule has 0 aliphatic heterocycles. The Morgan fingerprint density at radius 1 is 1.33 bits per heavy atom. The zero-order valence-electron chi connectivity index (χ0n) is 7.37. The summed E-state index contributed by atoms with van der Waals surface area (Å²) in [5.74, 6) is 0. The van der Waals surface area contributed by atoms with Gasteiger partial charge in [0.2, 0.25) is 10.0 Å². The molecule has 3 aliphatic carbocycles. The van der Waals surface area contributed by atoms with E-state index in [-0.39, 0.29) is 11.1 Å². The summed E-state index contributed by atoms with van der Waals surface area (Å²) in [6, 6.07) is 0. The number of sulfonamides is 1. The van der Waals surface area contributed by atoms with Crippen LogP contribution in [-0.4, -0.2) is 37.1 Å². The molecule has 5 heteroatoms. The van der Waals surface area contributed by atoms with Crippen LogP contribution in [0.5, 0.6) is 0 Å². The van der Waals surface area contributed by atoms with Gasteiger partial charge in [0.05, 0.1) is 6.26 Å². The van der Waals surface area contributed by atoms with Crippen LogP contribution in [0.25, 0.3) is 0 Å². The summed E-state index contributed by atoms with van der Waals surface area (Å²) in [4.78, 5) is 0. The van der Waals surface area contributed by atoms with E-state index >= 15 is 0 Å². The van der Waals surface area contributed by atoms with Crippen LogP contribution < -0.4 is 5.73 Å². The van der Waals surface area contributed by atoms with Gasteiger partial charge in [0.1, 0.15) is 0 Å². The van der Waals surface area contributed by atoms with Gasteiger partial charge < -0.3 is 5.73 Å². The van der Waals surface area contributed by atoms with E-state index in [1.165, 1.54) is 10.6 Å². The summed E-state index contributed by atoms with van der Waals surface area (Å²) in [5.41, 5.74) is 5.69. The van der Waals surface area contributed by atoms with E-state index in [1.807, 2.05) is 0 Å². The van der Waals surface area contributed by atoms with Gasteiger partial charge in [-0.2, -0.15) is 4.31 Å².